The van der Waals surface area contributed by atoms with Crippen LogP contribution in [0.15, 0.2) is 42.6 Å². The summed E-state index contributed by atoms with van der Waals surface area (Å²) in [5.74, 6) is 1.75. The number of aliphatic hydroxyl groups is 1. The smallest absolute Gasteiger partial charge is 0.224 e. The third-order valence-corrected chi connectivity index (χ3v) is 5.34. The topological polar surface area (TPSA) is 74.5 Å². The molecule has 0 spiro atoms. The van der Waals surface area contributed by atoms with Crippen molar-refractivity contribution in [2.45, 2.75) is 26.5 Å². The van der Waals surface area contributed by atoms with Crippen molar-refractivity contribution in [3.8, 4) is 0 Å². The highest BCUT2D eigenvalue weighted by Gasteiger charge is 2.23. The van der Waals surface area contributed by atoms with Gasteiger partial charge in [-0.2, -0.15) is 0 Å². The maximum atomic E-state index is 12.7. The molecule has 1 aliphatic rings. The molecule has 1 N–H and O–H groups in total. The van der Waals surface area contributed by atoms with Gasteiger partial charge in [0.25, 0.3) is 0 Å². The van der Waals surface area contributed by atoms with Crippen molar-refractivity contribution in [3.05, 3.63) is 54.0 Å². The van der Waals surface area contributed by atoms with Gasteiger partial charge in [0.05, 0.1) is 11.0 Å². The number of para-hydroxylation sites is 2. The number of piperazine rings is 1. The molecular formula is C21H25N5O2. The van der Waals surface area contributed by atoms with Crippen molar-refractivity contribution >= 4 is 22.8 Å². The Morgan fingerprint density at radius 1 is 1.11 bits per heavy atom. The third kappa shape index (κ3) is 3.57. The average Bonchev–Trinajstić information content (AvgIpc) is 3.10. The van der Waals surface area contributed by atoms with Crippen LogP contribution in [0.3, 0.4) is 0 Å². The van der Waals surface area contributed by atoms with Gasteiger partial charge in [-0.05, 0) is 30.7 Å². The van der Waals surface area contributed by atoms with Crippen molar-refractivity contribution in [2.75, 3.05) is 31.1 Å². The summed E-state index contributed by atoms with van der Waals surface area (Å²) in [6.45, 7) is 5.44. The van der Waals surface area contributed by atoms with Gasteiger partial charge in [0.2, 0.25) is 5.91 Å². The summed E-state index contributed by atoms with van der Waals surface area (Å²) in [5.41, 5.74) is 2.96. The first kappa shape index (κ1) is 18.4. The molecule has 0 aliphatic carbocycles. The van der Waals surface area contributed by atoms with Gasteiger partial charge in [0.15, 0.2) is 0 Å². The molecule has 3 aromatic rings. The molecule has 0 atom stereocenters. The standard InChI is InChI=1S/C21H25N5O2/c1-16-5-4-9-22-21(16)25-13-11-24(12-14-25)20(28)8-10-26-18-7-3-2-6-17(18)23-19(26)15-27/h2-7,9,27H,8,10-15H2,1H3. The molecule has 1 aliphatic heterocycles. The van der Waals surface area contributed by atoms with Crippen LogP contribution in [0.5, 0.6) is 0 Å². The van der Waals surface area contributed by atoms with E-state index in [0.29, 0.717) is 31.9 Å². The molecule has 4 rings (SSSR count). The quantitative estimate of drug-likeness (QED) is 0.734. The van der Waals surface area contributed by atoms with Gasteiger partial charge in [-0.25, -0.2) is 9.97 Å². The Bertz CT molecular complexity index is 976. The second-order valence-electron chi connectivity index (χ2n) is 7.09. The van der Waals surface area contributed by atoms with E-state index in [4.69, 9.17) is 0 Å². The fourth-order valence-electron chi connectivity index (χ4n) is 3.84. The SMILES string of the molecule is Cc1cccnc1N1CCN(C(=O)CCn2c(CO)nc3ccccc32)CC1. The number of benzene rings is 1. The maximum Gasteiger partial charge on any atom is 0.224 e. The van der Waals surface area contributed by atoms with E-state index in [9.17, 15) is 9.90 Å². The highest BCUT2D eigenvalue weighted by molar-refractivity contribution is 5.78. The van der Waals surface area contributed by atoms with Crippen LogP contribution in [0.4, 0.5) is 5.82 Å². The molecule has 28 heavy (non-hydrogen) atoms. The molecule has 1 saturated heterocycles. The lowest BCUT2D eigenvalue weighted by Gasteiger charge is -2.36. The number of rotatable bonds is 5. The molecular weight excluding hydrogens is 354 g/mol. The number of hydrogen-bond acceptors (Lipinski definition) is 5. The van der Waals surface area contributed by atoms with E-state index < -0.39 is 0 Å². The summed E-state index contributed by atoms with van der Waals surface area (Å²) >= 11 is 0. The van der Waals surface area contributed by atoms with E-state index in [1.54, 1.807) is 0 Å². The minimum atomic E-state index is -0.134. The first-order valence-corrected chi connectivity index (χ1v) is 9.66. The molecule has 0 saturated carbocycles. The fraction of sp³-hybridized carbons (Fsp3) is 0.381. The van der Waals surface area contributed by atoms with E-state index in [1.807, 2.05) is 46.0 Å². The van der Waals surface area contributed by atoms with Crippen LogP contribution in [-0.4, -0.2) is 56.6 Å². The van der Waals surface area contributed by atoms with Crippen LogP contribution in [0.2, 0.25) is 0 Å². The van der Waals surface area contributed by atoms with Crippen LogP contribution in [0, 0.1) is 6.92 Å². The lowest BCUT2D eigenvalue weighted by molar-refractivity contribution is -0.131. The molecule has 7 heteroatoms. The minimum absolute atomic E-state index is 0.134. The van der Waals surface area contributed by atoms with E-state index in [1.165, 1.54) is 0 Å². The highest BCUT2D eigenvalue weighted by Crippen LogP contribution is 2.19. The van der Waals surface area contributed by atoms with Crippen LogP contribution >= 0.6 is 0 Å². The number of pyridine rings is 1. The molecule has 1 fully saturated rings. The summed E-state index contributed by atoms with van der Waals surface area (Å²) in [5, 5.41) is 9.60. The third-order valence-electron chi connectivity index (χ3n) is 5.34. The monoisotopic (exact) mass is 379 g/mol. The molecule has 1 amide bonds. The summed E-state index contributed by atoms with van der Waals surface area (Å²) in [4.78, 5) is 25.8. The number of nitrogens with zero attached hydrogens (tertiary/aromatic N) is 5. The summed E-state index contributed by atoms with van der Waals surface area (Å²) in [6.07, 6.45) is 2.21. The Kier molecular flexibility index (Phi) is 5.25. The zero-order chi connectivity index (χ0) is 19.5. The number of carbonyl (C=O) groups excluding carboxylic acids is 1. The number of imidazole rings is 1. The van der Waals surface area contributed by atoms with Crippen LogP contribution < -0.4 is 4.90 Å². The number of hydrogen-bond donors (Lipinski definition) is 1. The summed E-state index contributed by atoms with van der Waals surface area (Å²) in [6, 6.07) is 11.8. The van der Waals surface area contributed by atoms with Crippen molar-refractivity contribution in [1.82, 2.24) is 19.4 Å². The molecule has 1 aromatic carbocycles. The lowest BCUT2D eigenvalue weighted by Crippen LogP contribution is -2.49. The van der Waals surface area contributed by atoms with E-state index in [0.717, 1.165) is 35.5 Å². The van der Waals surface area contributed by atoms with Crippen molar-refractivity contribution in [2.24, 2.45) is 0 Å². The molecule has 2 aromatic heterocycles. The second kappa shape index (κ2) is 7.98. The van der Waals surface area contributed by atoms with Crippen LogP contribution in [-0.2, 0) is 17.9 Å². The predicted octanol–water partition coefficient (Wildman–Crippen LogP) is 1.97. The normalized spacial score (nSPS) is 14.6. The zero-order valence-corrected chi connectivity index (χ0v) is 16.1. The van der Waals surface area contributed by atoms with Gasteiger partial charge >= 0.3 is 0 Å². The Labute approximate surface area is 164 Å². The molecule has 0 radical (unpaired) electrons. The van der Waals surface area contributed by atoms with Crippen molar-refractivity contribution < 1.29 is 9.90 Å². The summed E-state index contributed by atoms with van der Waals surface area (Å²) in [7, 11) is 0. The van der Waals surface area contributed by atoms with Crippen molar-refractivity contribution in [3.63, 3.8) is 0 Å². The Morgan fingerprint density at radius 2 is 1.89 bits per heavy atom. The zero-order valence-electron chi connectivity index (χ0n) is 16.1. The molecule has 146 valence electrons. The summed E-state index contributed by atoms with van der Waals surface area (Å²) < 4.78 is 1.95. The van der Waals surface area contributed by atoms with Gasteiger partial charge < -0.3 is 19.5 Å². The van der Waals surface area contributed by atoms with E-state index in [2.05, 4.69) is 27.9 Å². The van der Waals surface area contributed by atoms with Gasteiger partial charge in [-0.1, -0.05) is 18.2 Å². The number of aliphatic hydroxyl groups excluding tert-OH is 1. The molecule has 0 unspecified atom stereocenters. The van der Waals surface area contributed by atoms with Gasteiger partial charge in [-0.15, -0.1) is 0 Å². The number of fused-ring (bicyclic) bond motifs is 1. The number of aromatic nitrogens is 3. The van der Waals surface area contributed by atoms with E-state index >= 15 is 0 Å². The molecule has 0 bridgehead atoms. The number of anilines is 1. The fourth-order valence-corrected chi connectivity index (χ4v) is 3.84. The maximum absolute atomic E-state index is 12.7. The van der Waals surface area contributed by atoms with Crippen LogP contribution in [0.25, 0.3) is 11.0 Å². The average molecular weight is 379 g/mol. The lowest BCUT2D eigenvalue weighted by atomic mass is 10.2. The first-order valence-electron chi connectivity index (χ1n) is 9.66. The largest absolute Gasteiger partial charge is 0.388 e. The minimum Gasteiger partial charge on any atom is -0.388 e. The molecule has 3 heterocycles. The van der Waals surface area contributed by atoms with Crippen molar-refractivity contribution in [1.29, 1.82) is 0 Å². The highest BCUT2D eigenvalue weighted by atomic mass is 16.3. The Hall–Kier alpha value is -2.93. The number of carbonyl (C=O) groups is 1. The van der Waals surface area contributed by atoms with Gasteiger partial charge in [0, 0.05) is 45.3 Å². The number of aryl methyl sites for hydroxylation is 2. The van der Waals surface area contributed by atoms with Crippen LogP contribution in [0.1, 0.15) is 17.8 Å². The Morgan fingerprint density at radius 3 is 2.64 bits per heavy atom. The van der Waals surface area contributed by atoms with Gasteiger partial charge in [0.1, 0.15) is 18.2 Å². The number of amides is 1. The van der Waals surface area contributed by atoms with Gasteiger partial charge in [-0.3, -0.25) is 4.79 Å². The Balaban J connectivity index is 1.37. The van der Waals surface area contributed by atoms with E-state index in [-0.39, 0.29) is 12.5 Å². The predicted molar refractivity (Wildman–Crippen MR) is 108 cm³/mol. The second-order valence-corrected chi connectivity index (χ2v) is 7.09. The first-order chi connectivity index (χ1) is 13.7. The molecule has 7 nitrogen and oxygen atoms in total.